The highest BCUT2D eigenvalue weighted by Gasteiger charge is 2.32. The van der Waals surface area contributed by atoms with Gasteiger partial charge in [0.25, 0.3) is 0 Å². The molecule has 0 aliphatic rings. The Hall–Kier alpha value is -2.26. The van der Waals surface area contributed by atoms with Gasteiger partial charge in [0.1, 0.15) is 0 Å². The zero-order valence-electron chi connectivity index (χ0n) is 15.2. The number of pyridine rings is 1. The normalized spacial score (nSPS) is 11.8. The monoisotopic (exact) mass is 428 g/mol. The molecule has 0 aliphatic carbocycles. The quantitative estimate of drug-likeness (QED) is 0.590. The summed E-state index contributed by atoms with van der Waals surface area (Å²) in [5.41, 5.74) is 2.87. The molecule has 0 bridgehead atoms. The summed E-state index contributed by atoms with van der Waals surface area (Å²) < 4.78 is 40.2. The van der Waals surface area contributed by atoms with E-state index in [1.807, 2.05) is 32.9 Å². The van der Waals surface area contributed by atoms with Crippen molar-refractivity contribution in [1.29, 1.82) is 0 Å². The molecule has 0 saturated heterocycles. The van der Waals surface area contributed by atoms with Gasteiger partial charge in [-0.05, 0) is 38.0 Å². The molecule has 0 saturated carbocycles. The Morgan fingerprint density at radius 2 is 1.82 bits per heavy atom. The van der Waals surface area contributed by atoms with Crippen LogP contribution >= 0.6 is 23.4 Å². The van der Waals surface area contributed by atoms with E-state index in [0.717, 1.165) is 50.8 Å². The van der Waals surface area contributed by atoms with Crippen LogP contribution in [0.5, 0.6) is 0 Å². The number of carbonyl (C=O) groups is 1. The molecule has 28 heavy (non-hydrogen) atoms. The highest BCUT2D eigenvalue weighted by Crippen LogP contribution is 2.33. The molecule has 0 fully saturated rings. The molecule has 3 aromatic rings. The number of amides is 1. The van der Waals surface area contributed by atoms with Crippen molar-refractivity contribution in [3.63, 3.8) is 0 Å². The minimum absolute atomic E-state index is 0.0403. The largest absolute Gasteiger partial charge is 0.417 e. The van der Waals surface area contributed by atoms with E-state index in [9.17, 15) is 18.0 Å². The highest BCUT2D eigenvalue weighted by atomic mass is 35.5. The van der Waals surface area contributed by atoms with Crippen molar-refractivity contribution in [1.82, 2.24) is 14.6 Å². The number of nitrogens with zero attached hydrogens (tertiary/aromatic N) is 3. The molecule has 5 nitrogen and oxygen atoms in total. The SMILES string of the molecule is Cc1cc(C)c(NC(=O)CSc2nnc3c(Cl)cc(C(F)(F)F)cn23)c(C)c1. The maximum atomic E-state index is 13.0. The van der Waals surface area contributed by atoms with Gasteiger partial charge in [-0.15, -0.1) is 10.2 Å². The van der Waals surface area contributed by atoms with Crippen molar-refractivity contribution >= 4 is 40.6 Å². The van der Waals surface area contributed by atoms with Gasteiger partial charge in [0.05, 0.1) is 16.3 Å². The number of hydrogen-bond acceptors (Lipinski definition) is 4. The molecule has 2 aromatic heterocycles. The van der Waals surface area contributed by atoms with Crippen molar-refractivity contribution in [3.8, 4) is 0 Å². The highest BCUT2D eigenvalue weighted by molar-refractivity contribution is 7.99. The van der Waals surface area contributed by atoms with Crippen LogP contribution in [0.15, 0.2) is 29.6 Å². The van der Waals surface area contributed by atoms with Crippen molar-refractivity contribution < 1.29 is 18.0 Å². The fourth-order valence-electron chi connectivity index (χ4n) is 2.87. The molecule has 2 heterocycles. The number of hydrogen-bond donors (Lipinski definition) is 1. The second kappa shape index (κ2) is 7.63. The molecule has 148 valence electrons. The first kappa shape index (κ1) is 20.5. The number of anilines is 1. The number of halogens is 4. The third-order valence-electron chi connectivity index (χ3n) is 4.03. The van der Waals surface area contributed by atoms with E-state index in [1.165, 1.54) is 0 Å². The number of carbonyl (C=O) groups excluding carboxylic acids is 1. The van der Waals surface area contributed by atoms with Gasteiger partial charge in [-0.25, -0.2) is 0 Å². The predicted molar refractivity (Wildman–Crippen MR) is 103 cm³/mol. The molecule has 0 unspecified atom stereocenters. The zero-order chi connectivity index (χ0) is 20.6. The number of fused-ring (bicyclic) bond motifs is 1. The smallest absolute Gasteiger partial charge is 0.325 e. The van der Waals surface area contributed by atoms with E-state index in [-0.39, 0.29) is 27.5 Å². The number of benzene rings is 1. The van der Waals surface area contributed by atoms with Gasteiger partial charge in [0.15, 0.2) is 10.8 Å². The van der Waals surface area contributed by atoms with Gasteiger partial charge in [0, 0.05) is 11.9 Å². The fourth-order valence-corrected chi connectivity index (χ4v) is 3.83. The third kappa shape index (κ3) is 4.25. The van der Waals surface area contributed by atoms with Crippen LogP contribution in [0.2, 0.25) is 5.02 Å². The molecule has 10 heteroatoms. The number of alkyl halides is 3. The lowest BCUT2D eigenvalue weighted by Gasteiger charge is -2.12. The minimum Gasteiger partial charge on any atom is -0.325 e. The maximum Gasteiger partial charge on any atom is 0.417 e. The molecular weight excluding hydrogens is 413 g/mol. The summed E-state index contributed by atoms with van der Waals surface area (Å²) in [6.45, 7) is 5.77. The van der Waals surface area contributed by atoms with Crippen LogP contribution in [-0.2, 0) is 11.0 Å². The Morgan fingerprint density at radius 3 is 2.43 bits per heavy atom. The van der Waals surface area contributed by atoms with Gasteiger partial charge in [0.2, 0.25) is 5.91 Å². The van der Waals surface area contributed by atoms with Gasteiger partial charge >= 0.3 is 6.18 Å². The average molecular weight is 429 g/mol. The predicted octanol–water partition coefficient (Wildman–Crippen LogP) is 5.06. The molecule has 0 aliphatic heterocycles. The van der Waals surface area contributed by atoms with Crippen molar-refractivity contribution in [3.05, 3.63) is 51.7 Å². The number of nitrogens with one attached hydrogen (secondary N) is 1. The zero-order valence-corrected chi connectivity index (χ0v) is 16.8. The minimum atomic E-state index is -4.55. The van der Waals surface area contributed by atoms with Gasteiger partial charge < -0.3 is 5.32 Å². The first-order valence-electron chi connectivity index (χ1n) is 8.18. The standard InChI is InChI=1S/C18H16ClF3N4OS/c1-9-4-10(2)15(11(3)5-9)23-14(27)8-28-17-25-24-16-13(19)6-12(7-26(16)17)18(20,21)22/h4-7H,8H2,1-3H3,(H,23,27). The maximum absolute atomic E-state index is 13.0. The van der Waals surface area contributed by atoms with Crippen molar-refractivity contribution in [2.24, 2.45) is 0 Å². The van der Waals surface area contributed by atoms with Crippen molar-refractivity contribution in [2.45, 2.75) is 32.1 Å². The van der Waals surface area contributed by atoms with Crippen LogP contribution < -0.4 is 5.32 Å². The number of thioether (sulfide) groups is 1. The van der Waals surface area contributed by atoms with Crippen LogP contribution in [0.3, 0.4) is 0 Å². The van der Waals surface area contributed by atoms with E-state index >= 15 is 0 Å². The van der Waals surface area contributed by atoms with Crippen LogP contribution in [0, 0.1) is 20.8 Å². The van der Waals surface area contributed by atoms with E-state index < -0.39 is 11.7 Å². The van der Waals surface area contributed by atoms with Gasteiger partial charge in [-0.2, -0.15) is 13.2 Å². The number of aryl methyl sites for hydroxylation is 3. The van der Waals surface area contributed by atoms with Gasteiger partial charge in [-0.1, -0.05) is 41.1 Å². The number of rotatable bonds is 4. The summed E-state index contributed by atoms with van der Waals surface area (Å²) >= 11 is 6.87. The van der Waals surface area contributed by atoms with E-state index in [1.54, 1.807) is 0 Å². The summed E-state index contributed by atoms with van der Waals surface area (Å²) in [4.78, 5) is 12.3. The average Bonchev–Trinajstić information content (AvgIpc) is 2.99. The first-order chi connectivity index (χ1) is 13.1. The lowest BCUT2D eigenvalue weighted by atomic mass is 10.1. The van der Waals surface area contributed by atoms with Crippen LogP contribution in [0.1, 0.15) is 22.3 Å². The Kier molecular flexibility index (Phi) is 5.58. The van der Waals surface area contributed by atoms with E-state index in [2.05, 4.69) is 15.5 Å². The number of aromatic nitrogens is 3. The van der Waals surface area contributed by atoms with Crippen LogP contribution in [-0.4, -0.2) is 26.3 Å². The second-order valence-corrected chi connectivity index (χ2v) is 7.71. The fraction of sp³-hybridized carbons (Fsp3) is 0.278. The summed E-state index contributed by atoms with van der Waals surface area (Å²) in [5, 5.41) is 10.5. The Morgan fingerprint density at radius 1 is 1.18 bits per heavy atom. The summed E-state index contributed by atoms with van der Waals surface area (Å²) in [5.74, 6) is -0.337. The first-order valence-corrected chi connectivity index (χ1v) is 9.54. The second-order valence-electron chi connectivity index (χ2n) is 6.36. The van der Waals surface area contributed by atoms with Gasteiger partial charge in [-0.3, -0.25) is 9.20 Å². The van der Waals surface area contributed by atoms with Crippen LogP contribution in [0.4, 0.5) is 18.9 Å². The molecule has 0 atom stereocenters. The lowest BCUT2D eigenvalue weighted by Crippen LogP contribution is -2.16. The summed E-state index contributed by atoms with van der Waals surface area (Å²) in [6, 6.07) is 4.72. The molecular formula is C18H16ClF3N4OS. The molecule has 1 aromatic carbocycles. The molecule has 1 amide bonds. The molecule has 3 rings (SSSR count). The Labute approximate surface area is 168 Å². The Balaban J connectivity index is 1.79. The molecule has 1 N–H and O–H groups in total. The van der Waals surface area contributed by atoms with Crippen LogP contribution in [0.25, 0.3) is 5.65 Å². The lowest BCUT2D eigenvalue weighted by molar-refractivity contribution is -0.137. The molecule has 0 radical (unpaired) electrons. The topological polar surface area (TPSA) is 59.3 Å². The summed E-state index contributed by atoms with van der Waals surface area (Å²) in [7, 11) is 0. The van der Waals surface area contributed by atoms with E-state index in [4.69, 9.17) is 11.6 Å². The van der Waals surface area contributed by atoms with E-state index in [0.29, 0.717) is 0 Å². The molecule has 0 spiro atoms. The van der Waals surface area contributed by atoms with Crippen molar-refractivity contribution in [2.75, 3.05) is 11.1 Å². The summed E-state index contributed by atoms with van der Waals surface area (Å²) in [6.07, 6.45) is -3.68. The Bertz CT molecular complexity index is 1040. The third-order valence-corrected chi connectivity index (χ3v) is 5.25.